The lowest BCUT2D eigenvalue weighted by molar-refractivity contribution is 0.553. The Kier molecular flexibility index (Phi) is 3.95. The first-order valence-corrected chi connectivity index (χ1v) is 7.91. The molecule has 1 unspecified atom stereocenters. The molecule has 2 nitrogen and oxygen atoms in total. The number of hydrogen-bond acceptors (Lipinski definition) is 3. The van der Waals surface area contributed by atoms with E-state index in [4.69, 9.17) is 10.7 Å². The Hall–Kier alpha value is -1.19. The SMILES string of the molecule is NCC1CCCc2sc(CCc3ccccc3)nc21. The van der Waals surface area contributed by atoms with Crippen LogP contribution >= 0.6 is 11.3 Å². The minimum atomic E-state index is 0.505. The van der Waals surface area contributed by atoms with Gasteiger partial charge in [-0.3, -0.25) is 0 Å². The molecule has 2 aromatic rings. The van der Waals surface area contributed by atoms with E-state index in [-0.39, 0.29) is 0 Å². The number of aryl methyl sites for hydroxylation is 3. The predicted molar refractivity (Wildman–Crippen MR) is 80.7 cm³/mol. The van der Waals surface area contributed by atoms with Crippen LogP contribution in [-0.4, -0.2) is 11.5 Å². The third-order valence-corrected chi connectivity index (χ3v) is 5.06. The summed E-state index contributed by atoms with van der Waals surface area (Å²) < 4.78 is 0. The number of rotatable bonds is 4. The fourth-order valence-corrected chi connectivity index (χ4v) is 3.99. The number of nitrogens with two attached hydrogens (primary N) is 1. The van der Waals surface area contributed by atoms with Crippen LogP contribution in [0.1, 0.15) is 39.9 Å². The van der Waals surface area contributed by atoms with Gasteiger partial charge in [0, 0.05) is 23.8 Å². The Morgan fingerprint density at radius 2 is 2.05 bits per heavy atom. The van der Waals surface area contributed by atoms with E-state index in [0.29, 0.717) is 5.92 Å². The van der Waals surface area contributed by atoms with Gasteiger partial charge in [0.25, 0.3) is 0 Å². The van der Waals surface area contributed by atoms with Crippen LogP contribution in [-0.2, 0) is 19.3 Å². The maximum absolute atomic E-state index is 5.86. The van der Waals surface area contributed by atoms with Gasteiger partial charge in [0.2, 0.25) is 0 Å². The van der Waals surface area contributed by atoms with Crippen molar-refractivity contribution in [1.82, 2.24) is 4.98 Å². The normalized spacial score (nSPS) is 18.3. The van der Waals surface area contributed by atoms with Crippen molar-refractivity contribution >= 4 is 11.3 Å². The lowest BCUT2D eigenvalue weighted by atomic mass is 9.91. The Balaban J connectivity index is 1.71. The van der Waals surface area contributed by atoms with E-state index in [1.807, 2.05) is 11.3 Å². The Labute approximate surface area is 118 Å². The predicted octanol–water partition coefficient (Wildman–Crippen LogP) is 3.31. The van der Waals surface area contributed by atoms with E-state index in [1.165, 1.54) is 40.4 Å². The number of thiazole rings is 1. The molecule has 0 saturated carbocycles. The van der Waals surface area contributed by atoms with E-state index in [9.17, 15) is 0 Å². The van der Waals surface area contributed by atoms with Gasteiger partial charge >= 0.3 is 0 Å². The van der Waals surface area contributed by atoms with Crippen LogP contribution in [0.15, 0.2) is 30.3 Å². The molecule has 0 aliphatic heterocycles. The number of aromatic nitrogens is 1. The Morgan fingerprint density at radius 1 is 1.21 bits per heavy atom. The zero-order valence-electron chi connectivity index (χ0n) is 11.1. The average molecular weight is 272 g/mol. The standard InChI is InChI=1S/C16H20N2S/c17-11-13-7-4-8-14-16(13)18-15(19-14)10-9-12-5-2-1-3-6-12/h1-3,5-6,13H,4,7-11,17H2. The molecule has 3 rings (SSSR count). The lowest BCUT2D eigenvalue weighted by Gasteiger charge is -2.18. The first-order chi connectivity index (χ1) is 9.36. The van der Waals surface area contributed by atoms with Crippen molar-refractivity contribution in [2.24, 2.45) is 5.73 Å². The molecule has 0 amide bonds. The number of fused-ring (bicyclic) bond motifs is 1. The van der Waals surface area contributed by atoms with E-state index >= 15 is 0 Å². The molecular weight excluding hydrogens is 252 g/mol. The van der Waals surface area contributed by atoms with Crippen LogP contribution < -0.4 is 5.73 Å². The van der Waals surface area contributed by atoms with Gasteiger partial charge in [0.05, 0.1) is 10.7 Å². The monoisotopic (exact) mass is 272 g/mol. The molecule has 2 N–H and O–H groups in total. The fourth-order valence-electron chi connectivity index (χ4n) is 2.79. The summed E-state index contributed by atoms with van der Waals surface area (Å²) in [7, 11) is 0. The minimum absolute atomic E-state index is 0.505. The van der Waals surface area contributed by atoms with Crippen LogP contribution in [0.2, 0.25) is 0 Å². The van der Waals surface area contributed by atoms with Crippen molar-refractivity contribution < 1.29 is 0 Å². The molecular formula is C16H20N2S. The second kappa shape index (κ2) is 5.85. The quantitative estimate of drug-likeness (QED) is 0.927. The van der Waals surface area contributed by atoms with Gasteiger partial charge in [0.1, 0.15) is 0 Å². The molecule has 0 fully saturated rings. The van der Waals surface area contributed by atoms with E-state index < -0.39 is 0 Å². The van der Waals surface area contributed by atoms with Crippen LogP contribution in [0.5, 0.6) is 0 Å². The molecule has 1 aromatic carbocycles. The highest BCUT2D eigenvalue weighted by Crippen LogP contribution is 2.34. The highest BCUT2D eigenvalue weighted by atomic mass is 32.1. The van der Waals surface area contributed by atoms with Crippen molar-refractivity contribution in [3.8, 4) is 0 Å². The summed E-state index contributed by atoms with van der Waals surface area (Å²) in [5.41, 5.74) is 8.56. The van der Waals surface area contributed by atoms with Crippen molar-refractivity contribution in [3.05, 3.63) is 51.5 Å². The van der Waals surface area contributed by atoms with Crippen molar-refractivity contribution in [2.45, 2.75) is 38.0 Å². The largest absolute Gasteiger partial charge is 0.330 e. The summed E-state index contributed by atoms with van der Waals surface area (Å²) >= 11 is 1.91. The third-order valence-electron chi connectivity index (χ3n) is 3.87. The van der Waals surface area contributed by atoms with Gasteiger partial charge < -0.3 is 5.73 Å². The average Bonchev–Trinajstić information content (AvgIpc) is 2.89. The lowest BCUT2D eigenvalue weighted by Crippen LogP contribution is -2.17. The summed E-state index contributed by atoms with van der Waals surface area (Å²) in [6, 6.07) is 10.7. The Morgan fingerprint density at radius 3 is 2.84 bits per heavy atom. The highest BCUT2D eigenvalue weighted by molar-refractivity contribution is 7.11. The third kappa shape index (κ3) is 2.88. The zero-order valence-corrected chi connectivity index (χ0v) is 12.0. The van der Waals surface area contributed by atoms with Crippen molar-refractivity contribution in [1.29, 1.82) is 0 Å². The number of hydrogen-bond donors (Lipinski definition) is 1. The van der Waals surface area contributed by atoms with E-state index in [1.54, 1.807) is 0 Å². The molecule has 3 heteroatoms. The summed E-state index contributed by atoms with van der Waals surface area (Å²) in [4.78, 5) is 6.35. The van der Waals surface area contributed by atoms with Crippen molar-refractivity contribution in [3.63, 3.8) is 0 Å². The van der Waals surface area contributed by atoms with Crippen LogP contribution in [0.25, 0.3) is 0 Å². The van der Waals surface area contributed by atoms with Crippen LogP contribution in [0.4, 0.5) is 0 Å². The van der Waals surface area contributed by atoms with Gasteiger partial charge in [-0.2, -0.15) is 0 Å². The maximum Gasteiger partial charge on any atom is 0.0934 e. The van der Waals surface area contributed by atoms with Gasteiger partial charge in [-0.05, 0) is 31.2 Å². The topological polar surface area (TPSA) is 38.9 Å². The molecule has 1 atom stereocenters. The second-order valence-corrected chi connectivity index (χ2v) is 6.39. The summed E-state index contributed by atoms with van der Waals surface area (Å²) in [5, 5.41) is 1.29. The number of benzene rings is 1. The molecule has 19 heavy (non-hydrogen) atoms. The van der Waals surface area contributed by atoms with E-state index in [2.05, 4.69) is 30.3 Å². The maximum atomic E-state index is 5.86. The molecule has 0 bridgehead atoms. The van der Waals surface area contributed by atoms with Crippen LogP contribution in [0.3, 0.4) is 0 Å². The molecule has 0 radical (unpaired) electrons. The molecule has 100 valence electrons. The number of nitrogens with zero attached hydrogens (tertiary/aromatic N) is 1. The second-order valence-electron chi connectivity index (χ2n) is 5.23. The van der Waals surface area contributed by atoms with Crippen LogP contribution in [0, 0.1) is 0 Å². The van der Waals surface area contributed by atoms with Gasteiger partial charge in [0.15, 0.2) is 0 Å². The molecule has 1 aromatic heterocycles. The smallest absolute Gasteiger partial charge is 0.0934 e. The highest BCUT2D eigenvalue weighted by Gasteiger charge is 2.23. The molecule has 1 heterocycles. The summed E-state index contributed by atoms with van der Waals surface area (Å²) in [6.07, 6.45) is 5.83. The molecule has 1 aliphatic carbocycles. The van der Waals surface area contributed by atoms with E-state index in [0.717, 1.165) is 19.4 Å². The minimum Gasteiger partial charge on any atom is -0.330 e. The van der Waals surface area contributed by atoms with Gasteiger partial charge in [-0.1, -0.05) is 30.3 Å². The fraction of sp³-hybridized carbons (Fsp3) is 0.438. The first-order valence-electron chi connectivity index (χ1n) is 7.09. The first kappa shape index (κ1) is 12.8. The molecule has 0 spiro atoms. The summed E-state index contributed by atoms with van der Waals surface area (Å²) in [6.45, 7) is 0.745. The van der Waals surface area contributed by atoms with Crippen molar-refractivity contribution in [2.75, 3.05) is 6.54 Å². The van der Waals surface area contributed by atoms with Gasteiger partial charge in [-0.15, -0.1) is 11.3 Å². The summed E-state index contributed by atoms with van der Waals surface area (Å²) in [5.74, 6) is 0.505. The molecule has 0 saturated heterocycles. The zero-order chi connectivity index (χ0) is 13.1. The Bertz CT molecular complexity index is 533. The van der Waals surface area contributed by atoms with Gasteiger partial charge in [-0.25, -0.2) is 4.98 Å². The molecule has 1 aliphatic rings.